The van der Waals surface area contributed by atoms with E-state index in [2.05, 4.69) is 5.32 Å². The van der Waals surface area contributed by atoms with Crippen molar-refractivity contribution >= 4 is 10.0 Å². The quantitative estimate of drug-likeness (QED) is 0.667. The van der Waals surface area contributed by atoms with Crippen LogP contribution in [0.25, 0.3) is 0 Å². The minimum Gasteiger partial charge on any atom is -0.378 e. The lowest BCUT2D eigenvalue weighted by molar-refractivity contribution is -0.172. The molecular formula is C12H24N2O3S. The summed E-state index contributed by atoms with van der Waals surface area (Å²) < 4.78 is 27.4. The number of nitrogens with two attached hydrogens (primary N) is 1. The van der Waals surface area contributed by atoms with Gasteiger partial charge in [-0.1, -0.05) is 6.42 Å². The average Bonchev–Trinajstić information content (AvgIpc) is 2.17. The molecule has 0 heterocycles. The molecule has 2 rings (SSSR count). The third kappa shape index (κ3) is 2.87. The minimum absolute atomic E-state index is 0.0641. The van der Waals surface area contributed by atoms with Gasteiger partial charge in [0, 0.05) is 18.1 Å². The highest BCUT2D eigenvalue weighted by Gasteiger charge is 2.58. The second-order valence-corrected chi connectivity index (χ2v) is 7.23. The fraction of sp³-hybridized carbons (Fsp3) is 1.00. The third-order valence-corrected chi connectivity index (χ3v) is 5.29. The van der Waals surface area contributed by atoms with Gasteiger partial charge in [0.05, 0.1) is 11.9 Å². The molecule has 2 fully saturated rings. The van der Waals surface area contributed by atoms with Gasteiger partial charge in [0.2, 0.25) is 10.0 Å². The van der Waals surface area contributed by atoms with Gasteiger partial charge in [0.1, 0.15) is 0 Å². The third-order valence-electron chi connectivity index (χ3n) is 4.43. The van der Waals surface area contributed by atoms with E-state index in [4.69, 9.17) is 9.88 Å². The molecule has 0 amide bonds. The molecule has 0 aliphatic heterocycles. The largest absolute Gasteiger partial charge is 0.378 e. The summed E-state index contributed by atoms with van der Waals surface area (Å²) in [5.41, 5.74) is 0.345. The molecule has 2 atom stereocenters. The first-order chi connectivity index (χ1) is 8.48. The molecule has 2 aliphatic carbocycles. The van der Waals surface area contributed by atoms with Gasteiger partial charge in [-0.2, -0.15) is 0 Å². The van der Waals surface area contributed by atoms with Crippen molar-refractivity contribution in [2.75, 3.05) is 18.9 Å². The van der Waals surface area contributed by atoms with Gasteiger partial charge in [-0.15, -0.1) is 0 Å². The zero-order valence-electron chi connectivity index (χ0n) is 11.0. The molecule has 3 N–H and O–H groups in total. The van der Waals surface area contributed by atoms with E-state index in [1.54, 1.807) is 0 Å². The van der Waals surface area contributed by atoms with Crippen molar-refractivity contribution in [3.05, 3.63) is 0 Å². The van der Waals surface area contributed by atoms with Crippen LogP contribution in [0.15, 0.2) is 0 Å². The molecule has 1 spiro atoms. The Labute approximate surface area is 110 Å². The fourth-order valence-corrected chi connectivity index (χ4v) is 3.82. The molecule has 2 saturated carbocycles. The van der Waals surface area contributed by atoms with E-state index in [1.807, 2.05) is 6.92 Å². The number of ether oxygens (including phenoxy) is 1. The number of sulfonamides is 1. The second kappa shape index (κ2) is 5.45. The van der Waals surface area contributed by atoms with E-state index in [-0.39, 0.29) is 5.75 Å². The Morgan fingerprint density at radius 2 is 2.17 bits per heavy atom. The molecule has 0 aromatic heterocycles. The SMILES string of the molecule is CCOC1CC(NCCCS(N)(=O)=O)C12CCC2. The summed E-state index contributed by atoms with van der Waals surface area (Å²) in [5, 5.41) is 8.45. The maximum absolute atomic E-state index is 10.8. The summed E-state index contributed by atoms with van der Waals surface area (Å²) in [5.74, 6) is 0.0641. The van der Waals surface area contributed by atoms with Crippen molar-refractivity contribution in [3.63, 3.8) is 0 Å². The second-order valence-electron chi connectivity index (χ2n) is 5.49. The van der Waals surface area contributed by atoms with Crippen LogP contribution in [0.1, 0.15) is 39.0 Å². The van der Waals surface area contributed by atoms with Crippen LogP contribution < -0.4 is 10.5 Å². The highest BCUT2D eigenvalue weighted by atomic mass is 32.2. The van der Waals surface area contributed by atoms with Crippen molar-refractivity contribution in [3.8, 4) is 0 Å². The first-order valence-electron chi connectivity index (χ1n) is 6.83. The van der Waals surface area contributed by atoms with Crippen LogP contribution in [0, 0.1) is 5.41 Å². The molecule has 2 aliphatic rings. The summed E-state index contributed by atoms with van der Waals surface area (Å²) in [6, 6.07) is 0.503. The van der Waals surface area contributed by atoms with Crippen LogP contribution >= 0.6 is 0 Å². The summed E-state index contributed by atoms with van der Waals surface area (Å²) in [6.45, 7) is 3.55. The van der Waals surface area contributed by atoms with Crippen LogP contribution in [0.5, 0.6) is 0 Å². The van der Waals surface area contributed by atoms with Gasteiger partial charge in [0.25, 0.3) is 0 Å². The van der Waals surface area contributed by atoms with Crippen molar-refractivity contribution in [1.82, 2.24) is 5.32 Å². The van der Waals surface area contributed by atoms with Crippen molar-refractivity contribution in [2.45, 2.75) is 51.2 Å². The van der Waals surface area contributed by atoms with Gasteiger partial charge in [-0.3, -0.25) is 0 Å². The maximum Gasteiger partial charge on any atom is 0.209 e. The van der Waals surface area contributed by atoms with E-state index in [1.165, 1.54) is 19.3 Å². The standard InChI is InChI=1S/C12H24N2O3S/c1-2-17-11-9-10(12(11)5-3-6-12)14-7-4-8-18(13,15)16/h10-11,14H,2-9H2,1H3,(H2,13,15,16). The molecular weight excluding hydrogens is 252 g/mol. The van der Waals surface area contributed by atoms with E-state index in [0.717, 1.165) is 19.6 Å². The van der Waals surface area contributed by atoms with Crippen molar-refractivity contribution in [2.24, 2.45) is 10.6 Å². The maximum atomic E-state index is 10.8. The zero-order chi connectivity index (χ0) is 13.2. The number of hydrogen-bond donors (Lipinski definition) is 2. The molecule has 2 unspecified atom stereocenters. The first-order valence-corrected chi connectivity index (χ1v) is 8.55. The topological polar surface area (TPSA) is 81.4 Å². The van der Waals surface area contributed by atoms with Crippen LogP contribution in [0.4, 0.5) is 0 Å². The van der Waals surface area contributed by atoms with E-state index in [0.29, 0.717) is 24.0 Å². The summed E-state index contributed by atoms with van der Waals surface area (Å²) in [4.78, 5) is 0. The average molecular weight is 276 g/mol. The lowest BCUT2D eigenvalue weighted by Crippen LogP contribution is -2.67. The Morgan fingerprint density at radius 3 is 2.67 bits per heavy atom. The summed E-state index contributed by atoms with van der Waals surface area (Å²) in [6.07, 6.45) is 5.83. The van der Waals surface area contributed by atoms with Gasteiger partial charge in [-0.25, -0.2) is 13.6 Å². The lowest BCUT2D eigenvalue weighted by Gasteiger charge is -2.61. The van der Waals surface area contributed by atoms with E-state index < -0.39 is 10.0 Å². The Bertz CT molecular complexity index is 379. The predicted molar refractivity (Wildman–Crippen MR) is 70.7 cm³/mol. The number of nitrogens with one attached hydrogen (secondary N) is 1. The molecule has 6 heteroatoms. The first kappa shape index (κ1) is 14.2. The van der Waals surface area contributed by atoms with E-state index >= 15 is 0 Å². The zero-order valence-corrected chi connectivity index (χ0v) is 11.8. The van der Waals surface area contributed by atoms with Gasteiger partial charge < -0.3 is 10.1 Å². The monoisotopic (exact) mass is 276 g/mol. The number of rotatable bonds is 7. The lowest BCUT2D eigenvalue weighted by atomic mass is 9.51. The van der Waals surface area contributed by atoms with Gasteiger partial charge in [0.15, 0.2) is 0 Å². The minimum atomic E-state index is -3.32. The molecule has 0 aromatic rings. The highest BCUT2D eigenvalue weighted by molar-refractivity contribution is 7.89. The molecule has 0 saturated heterocycles. The number of hydrogen-bond acceptors (Lipinski definition) is 4. The normalized spacial score (nSPS) is 29.9. The van der Waals surface area contributed by atoms with Crippen LogP contribution in [0.3, 0.4) is 0 Å². The van der Waals surface area contributed by atoms with Crippen LogP contribution in [-0.4, -0.2) is 39.5 Å². The Kier molecular flexibility index (Phi) is 4.31. The fourth-order valence-electron chi connectivity index (χ4n) is 3.27. The molecule has 5 nitrogen and oxygen atoms in total. The Hall–Kier alpha value is -0.170. The number of primary sulfonamides is 1. The van der Waals surface area contributed by atoms with Gasteiger partial charge >= 0.3 is 0 Å². The van der Waals surface area contributed by atoms with Crippen molar-refractivity contribution < 1.29 is 13.2 Å². The molecule has 18 heavy (non-hydrogen) atoms. The van der Waals surface area contributed by atoms with Crippen LogP contribution in [0.2, 0.25) is 0 Å². The molecule has 0 radical (unpaired) electrons. The Morgan fingerprint density at radius 1 is 1.44 bits per heavy atom. The molecule has 0 aromatic carbocycles. The Balaban J connectivity index is 1.71. The smallest absolute Gasteiger partial charge is 0.209 e. The van der Waals surface area contributed by atoms with Crippen molar-refractivity contribution in [1.29, 1.82) is 0 Å². The summed E-state index contributed by atoms with van der Waals surface area (Å²) >= 11 is 0. The van der Waals surface area contributed by atoms with Crippen LogP contribution in [-0.2, 0) is 14.8 Å². The van der Waals surface area contributed by atoms with E-state index in [9.17, 15) is 8.42 Å². The predicted octanol–water partition coefficient (Wildman–Crippen LogP) is 0.602. The molecule has 106 valence electrons. The highest BCUT2D eigenvalue weighted by Crippen LogP contribution is 2.57. The summed E-state index contributed by atoms with van der Waals surface area (Å²) in [7, 11) is -3.32. The van der Waals surface area contributed by atoms with Gasteiger partial charge in [-0.05, 0) is 39.2 Å². The molecule has 0 bridgehead atoms.